The normalized spacial score (nSPS) is 37.3. The molecule has 3 N–H and O–H groups in total. The highest BCUT2D eigenvalue weighted by atomic mass is 16.7. The molecule has 0 amide bonds. The molecule has 6 atom stereocenters. The smallest absolute Gasteiger partial charge is 0.231 e. The van der Waals surface area contributed by atoms with Gasteiger partial charge in [0.25, 0.3) is 0 Å². The van der Waals surface area contributed by atoms with Crippen molar-refractivity contribution in [2.75, 3.05) is 13.3 Å². The summed E-state index contributed by atoms with van der Waals surface area (Å²) in [6.07, 6.45) is 7.99. The predicted octanol–water partition coefficient (Wildman–Crippen LogP) is 5.20. The Labute approximate surface area is 199 Å². The molecule has 1 aromatic rings. The largest absolute Gasteiger partial charge is 0.454 e. The Hall–Kier alpha value is -1.56. The summed E-state index contributed by atoms with van der Waals surface area (Å²) >= 11 is 0. The highest BCUT2D eigenvalue weighted by molar-refractivity contribution is 5.44. The lowest BCUT2D eigenvalue weighted by molar-refractivity contribution is -0.0968. The number of aliphatic hydroxyl groups excluding tert-OH is 2. The van der Waals surface area contributed by atoms with E-state index in [-0.39, 0.29) is 17.6 Å². The van der Waals surface area contributed by atoms with Crippen molar-refractivity contribution >= 4 is 0 Å². The van der Waals surface area contributed by atoms with Gasteiger partial charge in [0.1, 0.15) is 0 Å². The monoisotopic (exact) mass is 457 g/mol. The lowest BCUT2D eigenvalue weighted by atomic mass is 9.55. The maximum Gasteiger partial charge on any atom is 0.231 e. The number of allylic oxidation sites excluding steroid dienone is 1. The summed E-state index contributed by atoms with van der Waals surface area (Å²) in [5, 5.41) is 23.6. The van der Waals surface area contributed by atoms with Gasteiger partial charge >= 0.3 is 0 Å². The van der Waals surface area contributed by atoms with Crippen molar-refractivity contribution in [1.82, 2.24) is 5.32 Å². The topological polar surface area (TPSA) is 71.0 Å². The quantitative estimate of drug-likeness (QED) is 0.543. The molecule has 3 saturated carbocycles. The molecule has 3 fully saturated rings. The Morgan fingerprint density at radius 1 is 1.03 bits per heavy atom. The molecule has 0 saturated heterocycles. The molecule has 0 spiro atoms. The van der Waals surface area contributed by atoms with Crippen molar-refractivity contribution in [1.29, 1.82) is 0 Å². The van der Waals surface area contributed by atoms with Crippen LogP contribution in [0.3, 0.4) is 0 Å². The molecule has 0 radical (unpaired) electrons. The van der Waals surface area contributed by atoms with Crippen molar-refractivity contribution < 1.29 is 19.7 Å². The molecule has 3 aliphatic carbocycles. The van der Waals surface area contributed by atoms with E-state index in [2.05, 4.69) is 38.7 Å². The minimum Gasteiger partial charge on any atom is -0.454 e. The summed E-state index contributed by atoms with van der Waals surface area (Å²) in [5.41, 5.74) is 3.08. The maximum absolute atomic E-state index is 10.5. The molecule has 1 aromatic carbocycles. The first-order valence-corrected chi connectivity index (χ1v) is 12.9. The predicted molar refractivity (Wildman–Crippen MR) is 131 cm³/mol. The maximum atomic E-state index is 10.5. The molecule has 5 heteroatoms. The molecule has 0 bridgehead atoms. The van der Waals surface area contributed by atoms with Crippen LogP contribution in [-0.4, -0.2) is 35.8 Å². The molecule has 6 unspecified atom stereocenters. The fraction of sp³-hybridized carbons (Fsp3) is 0.714. The zero-order valence-electron chi connectivity index (χ0n) is 20.7. The SMILES string of the molecule is C=C1CCC2CC(C3(C)CCC(O)CC3O)CCC12C.CCNCc1ccc2c(c1)OCO2. The summed E-state index contributed by atoms with van der Waals surface area (Å²) < 4.78 is 10.5. The lowest BCUT2D eigenvalue weighted by Crippen LogP contribution is -2.48. The van der Waals surface area contributed by atoms with E-state index >= 15 is 0 Å². The standard InChI is InChI=1S/C18H30O2.C10H13NO2/c1-12-4-5-13-10-14(6-8-17(12,13)2)18(3)9-7-15(19)11-16(18)20;1-2-11-6-8-3-4-9-10(5-8)13-7-12-9/h13-16,19-20H,1,4-11H2,2-3H3;3-5,11H,2,6-7H2,1H3. The van der Waals surface area contributed by atoms with Gasteiger partial charge in [-0.1, -0.05) is 39.0 Å². The minimum absolute atomic E-state index is 0.0183. The first-order valence-electron chi connectivity index (χ1n) is 12.9. The van der Waals surface area contributed by atoms with E-state index < -0.39 is 0 Å². The van der Waals surface area contributed by atoms with Gasteiger partial charge in [0.2, 0.25) is 6.79 Å². The molecule has 0 aromatic heterocycles. The summed E-state index contributed by atoms with van der Waals surface area (Å²) in [6.45, 7) is 13.3. The number of benzene rings is 1. The fourth-order valence-corrected chi connectivity index (χ4v) is 6.62. The van der Waals surface area contributed by atoms with Gasteiger partial charge in [-0.2, -0.15) is 0 Å². The molecule has 1 aliphatic heterocycles. The molecular formula is C28H43NO4. The number of hydrogen-bond acceptors (Lipinski definition) is 5. The first-order chi connectivity index (χ1) is 15.8. The van der Waals surface area contributed by atoms with Crippen LogP contribution in [0, 0.1) is 22.7 Å². The Balaban J connectivity index is 0.000000172. The van der Waals surface area contributed by atoms with Crippen LogP contribution in [0.25, 0.3) is 0 Å². The Kier molecular flexibility index (Phi) is 7.42. The van der Waals surface area contributed by atoms with Gasteiger partial charge in [0, 0.05) is 6.54 Å². The highest BCUT2D eigenvalue weighted by Gasteiger charge is 2.51. The highest BCUT2D eigenvalue weighted by Crippen LogP contribution is 2.60. The average molecular weight is 458 g/mol. The van der Waals surface area contributed by atoms with Gasteiger partial charge in [0.05, 0.1) is 12.2 Å². The van der Waals surface area contributed by atoms with Crippen LogP contribution in [0.1, 0.15) is 77.7 Å². The third-order valence-corrected chi connectivity index (χ3v) is 9.31. The fourth-order valence-electron chi connectivity index (χ4n) is 6.62. The summed E-state index contributed by atoms with van der Waals surface area (Å²) in [5.74, 6) is 3.09. The Morgan fingerprint density at radius 2 is 1.82 bits per heavy atom. The third kappa shape index (κ3) is 4.96. The van der Waals surface area contributed by atoms with Gasteiger partial charge in [-0.05, 0) is 98.3 Å². The van der Waals surface area contributed by atoms with E-state index in [1.807, 2.05) is 12.1 Å². The van der Waals surface area contributed by atoms with Crippen LogP contribution in [0.2, 0.25) is 0 Å². The van der Waals surface area contributed by atoms with E-state index in [0.717, 1.165) is 43.3 Å². The number of hydrogen-bond donors (Lipinski definition) is 3. The molecule has 184 valence electrons. The number of aliphatic hydroxyl groups is 2. The van der Waals surface area contributed by atoms with Crippen molar-refractivity contribution in [2.24, 2.45) is 22.7 Å². The summed E-state index contributed by atoms with van der Waals surface area (Å²) in [7, 11) is 0. The second kappa shape index (κ2) is 9.97. The number of fused-ring (bicyclic) bond motifs is 2. The minimum atomic E-state index is -0.329. The second-order valence-corrected chi connectivity index (χ2v) is 11.1. The molecule has 5 rings (SSSR count). The van der Waals surface area contributed by atoms with Crippen LogP contribution < -0.4 is 14.8 Å². The van der Waals surface area contributed by atoms with Gasteiger partial charge in [-0.3, -0.25) is 0 Å². The van der Waals surface area contributed by atoms with Crippen LogP contribution in [0.15, 0.2) is 30.4 Å². The van der Waals surface area contributed by atoms with Crippen molar-refractivity contribution in [3.63, 3.8) is 0 Å². The summed E-state index contributed by atoms with van der Waals surface area (Å²) in [6, 6.07) is 6.02. The molecule has 4 aliphatic rings. The number of ether oxygens (including phenoxy) is 2. The van der Waals surface area contributed by atoms with E-state index in [9.17, 15) is 10.2 Å². The zero-order valence-corrected chi connectivity index (χ0v) is 20.7. The Bertz CT molecular complexity index is 841. The van der Waals surface area contributed by atoms with Crippen molar-refractivity contribution in [3.05, 3.63) is 35.9 Å². The van der Waals surface area contributed by atoms with E-state index in [1.165, 1.54) is 43.2 Å². The van der Waals surface area contributed by atoms with Crippen LogP contribution in [0.4, 0.5) is 0 Å². The first kappa shape index (κ1) is 24.6. The van der Waals surface area contributed by atoms with Crippen molar-refractivity contribution in [3.8, 4) is 11.5 Å². The number of rotatable bonds is 4. The molecular weight excluding hydrogens is 414 g/mol. The van der Waals surface area contributed by atoms with Crippen LogP contribution in [-0.2, 0) is 6.54 Å². The van der Waals surface area contributed by atoms with E-state index in [1.54, 1.807) is 0 Å². The van der Waals surface area contributed by atoms with E-state index in [0.29, 0.717) is 24.5 Å². The van der Waals surface area contributed by atoms with Gasteiger partial charge in [0.15, 0.2) is 11.5 Å². The lowest BCUT2D eigenvalue weighted by Gasteiger charge is -2.51. The van der Waals surface area contributed by atoms with Gasteiger partial charge < -0.3 is 25.0 Å². The number of nitrogens with one attached hydrogen (secondary N) is 1. The van der Waals surface area contributed by atoms with Crippen LogP contribution in [0.5, 0.6) is 11.5 Å². The van der Waals surface area contributed by atoms with E-state index in [4.69, 9.17) is 9.47 Å². The average Bonchev–Trinajstić information content (AvgIpc) is 3.39. The molecule has 5 nitrogen and oxygen atoms in total. The zero-order chi connectivity index (χ0) is 23.6. The third-order valence-electron chi connectivity index (χ3n) is 9.31. The van der Waals surface area contributed by atoms with Gasteiger partial charge in [-0.25, -0.2) is 0 Å². The second-order valence-electron chi connectivity index (χ2n) is 11.1. The van der Waals surface area contributed by atoms with Crippen molar-refractivity contribution in [2.45, 2.75) is 90.9 Å². The molecule has 1 heterocycles. The van der Waals surface area contributed by atoms with Gasteiger partial charge in [-0.15, -0.1) is 0 Å². The summed E-state index contributed by atoms with van der Waals surface area (Å²) in [4.78, 5) is 0. The Morgan fingerprint density at radius 3 is 2.58 bits per heavy atom. The van der Waals surface area contributed by atoms with Crippen LogP contribution >= 0.6 is 0 Å². The molecule has 33 heavy (non-hydrogen) atoms.